The van der Waals surface area contributed by atoms with E-state index in [1.165, 1.54) is 0 Å². The van der Waals surface area contributed by atoms with Crippen LogP contribution >= 0.6 is 0 Å². The van der Waals surface area contributed by atoms with Crippen LogP contribution in [0, 0.1) is 6.92 Å². The van der Waals surface area contributed by atoms with Crippen LogP contribution in [0.5, 0.6) is 5.88 Å². The summed E-state index contributed by atoms with van der Waals surface area (Å²) in [6.07, 6.45) is 1.98. The molecule has 0 spiro atoms. The summed E-state index contributed by atoms with van der Waals surface area (Å²) >= 11 is 0. The molecule has 1 aliphatic heterocycles. The monoisotopic (exact) mass is 512 g/mol. The quantitative estimate of drug-likeness (QED) is 0.141. The molecule has 0 amide bonds. The molecule has 1 saturated heterocycles. The molecule has 0 atom stereocenters. The third-order valence-corrected chi connectivity index (χ3v) is 6.62. The summed E-state index contributed by atoms with van der Waals surface area (Å²) in [5.41, 5.74) is 29.1. The number of pyridine rings is 1. The Kier molecular flexibility index (Phi) is 6.89. The highest BCUT2D eigenvalue weighted by atomic mass is 16.5. The highest BCUT2D eigenvalue weighted by molar-refractivity contribution is 6.07. The lowest BCUT2D eigenvalue weighted by atomic mass is 10.0. The first-order valence-electron chi connectivity index (χ1n) is 12.5. The molecule has 0 saturated carbocycles. The van der Waals surface area contributed by atoms with Gasteiger partial charge in [0.25, 0.3) is 6.01 Å². The maximum Gasteiger partial charge on any atom is 0.292 e. The number of nitrogen functional groups attached to an aromatic ring is 1. The van der Waals surface area contributed by atoms with Crippen LogP contribution in [0.15, 0.2) is 69.7 Å². The molecule has 2 aromatic carbocycles. The van der Waals surface area contributed by atoms with Crippen molar-refractivity contribution in [1.29, 1.82) is 0 Å². The van der Waals surface area contributed by atoms with Crippen LogP contribution in [0.4, 0.5) is 6.01 Å². The Morgan fingerprint density at radius 1 is 1.13 bits per heavy atom. The second kappa shape index (κ2) is 10.4. The number of nitrogens with zero attached hydrogens (tertiary/aromatic N) is 3. The summed E-state index contributed by atoms with van der Waals surface area (Å²) < 4.78 is 11.7. The third kappa shape index (κ3) is 5.12. The van der Waals surface area contributed by atoms with Gasteiger partial charge in [-0.25, -0.2) is 4.98 Å². The zero-order chi connectivity index (χ0) is 26.8. The van der Waals surface area contributed by atoms with Crippen LogP contribution in [0.3, 0.4) is 0 Å². The molecular formula is C28H32N8O2. The Labute approximate surface area is 220 Å². The molecule has 196 valence electrons. The van der Waals surface area contributed by atoms with Crippen molar-refractivity contribution in [1.82, 2.24) is 15.3 Å². The number of benzene rings is 2. The van der Waals surface area contributed by atoms with E-state index in [2.05, 4.69) is 34.9 Å². The van der Waals surface area contributed by atoms with E-state index < -0.39 is 0 Å². The molecular weight excluding hydrogens is 480 g/mol. The molecule has 4 aromatic rings. The topological polar surface area (TPSA) is 177 Å². The lowest BCUT2D eigenvalue weighted by Gasteiger charge is -2.24. The van der Waals surface area contributed by atoms with Gasteiger partial charge in [-0.15, -0.1) is 0 Å². The summed E-state index contributed by atoms with van der Waals surface area (Å²) in [5, 5.41) is 5.41. The molecule has 38 heavy (non-hydrogen) atoms. The zero-order valence-electron chi connectivity index (χ0n) is 21.3. The van der Waals surface area contributed by atoms with Crippen LogP contribution in [0.25, 0.3) is 27.6 Å². The van der Waals surface area contributed by atoms with Crippen molar-refractivity contribution >= 4 is 39.4 Å². The van der Waals surface area contributed by atoms with E-state index in [9.17, 15) is 0 Å². The first-order valence-corrected chi connectivity index (χ1v) is 12.5. The number of anilines is 1. The molecule has 9 N–H and O–H groups in total. The van der Waals surface area contributed by atoms with Crippen LogP contribution in [0.2, 0.25) is 0 Å². The third-order valence-electron chi connectivity index (χ3n) is 6.62. The predicted molar refractivity (Wildman–Crippen MR) is 151 cm³/mol. The second-order valence-electron chi connectivity index (χ2n) is 9.41. The number of fused-ring (bicyclic) bond motifs is 2. The van der Waals surface area contributed by atoms with Gasteiger partial charge in [0.15, 0.2) is 5.58 Å². The lowest BCUT2D eigenvalue weighted by Crippen LogP contribution is -2.34. The summed E-state index contributed by atoms with van der Waals surface area (Å²) in [4.78, 5) is 13.6. The van der Waals surface area contributed by atoms with Crippen LogP contribution in [0.1, 0.15) is 29.7 Å². The van der Waals surface area contributed by atoms with Crippen molar-refractivity contribution < 1.29 is 9.15 Å². The fourth-order valence-corrected chi connectivity index (χ4v) is 4.72. The van der Waals surface area contributed by atoms with Gasteiger partial charge in [0.2, 0.25) is 5.88 Å². The van der Waals surface area contributed by atoms with Crippen molar-refractivity contribution in [2.45, 2.75) is 32.4 Å². The lowest BCUT2D eigenvalue weighted by molar-refractivity contribution is 0.158. The first kappa shape index (κ1) is 25.1. The van der Waals surface area contributed by atoms with E-state index in [1.54, 1.807) is 18.2 Å². The average molecular weight is 513 g/mol. The van der Waals surface area contributed by atoms with Gasteiger partial charge in [-0.3, -0.25) is 4.99 Å². The van der Waals surface area contributed by atoms with Crippen LogP contribution in [-0.2, 0) is 6.54 Å². The number of hydrogen-bond acceptors (Lipinski definition) is 9. The molecule has 0 unspecified atom stereocenters. The Balaban J connectivity index is 1.48. The molecule has 1 aliphatic rings. The number of aliphatic imine (C=N–C) groups is 1. The van der Waals surface area contributed by atoms with E-state index in [0.29, 0.717) is 33.8 Å². The number of nitrogens with one attached hydrogen (secondary N) is 1. The van der Waals surface area contributed by atoms with Crippen LogP contribution < -0.4 is 33.0 Å². The van der Waals surface area contributed by atoms with E-state index in [4.69, 9.17) is 37.1 Å². The van der Waals surface area contributed by atoms with Crippen molar-refractivity contribution in [2.24, 2.45) is 22.2 Å². The molecule has 3 heterocycles. The molecule has 0 bridgehead atoms. The molecule has 1 fully saturated rings. The predicted octanol–water partition coefficient (Wildman–Crippen LogP) is 3.10. The molecule has 10 heteroatoms. The molecule has 5 rings (SSSR count). The summed E-state index contributed by atoms with van der Waals surface area (Å²) in [7, 11) is 0. The van der Waals surface area contributed by atoms with Crippen molar-refractivity contribution in [3.63, 3.8) is 0 Å². The number of rotatable bonds is 7. The Bertz CT molecular complexity index is 1580. The Hall–Kier alpha value is -4.57. The van der Waals surface area contributed by atoms with Gasteiger partial charge in [-0.05, 0) is 68.1 Å². The number of piperidine rings is 1. The first-order chi connectivity index (χ1) is 18.3. The minimum absolute atomic E-state index is 0.0748. The summed E-state index contributed by atoms with van der Waals surface area (Å²) in [6, 6.07) is 13.5. The number of aromatic nitrogens is 2. The number of nitrogens with two attached hydrogens (primary N) is 4. The molecule has 10 nitrogen and oxygen atoms in total. The molecule has 2 aromatic heterocycles. The van der Waals surface area contributed by atoms with Gasteiger partial charge in [0.1, 0.15) is 17.5 Å². The molecule has 0 aliphatic carbocycles. The Morgan fingerprint density at radius 3 is 2.68 bits per heavy atom. The maximum atomic E-state index is 6.47. The maximum absolute atomic E-state index is 6.47. The number of hydrogen-bond donors (Lipinski definition) is 5. The summed E-state index contributed by atoms with van der Waals surface area (Å²) in [6.45, 7) is 7.99. The van der Waals surface area contributed by atoms with Gasteiger partial charge in [0.05, 0.1) is 23.5 Å². The van der Waals surface area contributed by atoms with Crippen molar-refractivity contribution in [3.05, 3.63) is 77.1 Å². The van der Waals surface area contributed by atoms with Crippen molar-refractivity contribution in [2.75, 3.05) is 18.8 Å². The van der Waals surface area contributed by atoms with Gasteiger partial charge < -0.3 is 37.4 Å². The number of ether oxygens (including phenoxy) is 1. The standard InChI is InChI=1S/C28H32N8O2/c1-15-4-3-5-17-12-19(35-27(23(15)17)37-20-8-10-33-11-9-20)14-34-26(31)24(16(2)29)25(30)18-6-7-22-21(13-18)36-28(32)38-22/h3-7,12-13,20,33H,2,8-11,14,29-30H2,1H3,(H2,31,34)(H2,32,36). The number of aryl methyl sites for hydroxylation is 1. The zero-order valence-corrected chi connectivity index (χ0v) is 21.3. The molecule has 0 radical (unpaired) electrons. The van der Waals surface area contributed by atoms with E-state index in [-0.39, 0.29) is 30.2 Å². The van der Waals surface area contributed by atoms with Crippen LogP contribution in [-0.4, -0.2) is 35.0 Å². The fraction of sp³-hybridized carbons (Fsp3) is 0.250. The fourth-order valence-electron chi connectivity index (χ4n) is 4.72. The normalized spacial score (nSPS) is 15.6. The minimum Gasteiger partial charge on any atom is -0.474 e. The van der Waals surface area contributed by atoms with E-state index in [0.717, 1.165) is 48.0 Å². The highest BCUT2D eigenvalue weighted by Crippen LogP contribution is 2.30. The highest BCUT2D eigenvalue weighted by Gasteiger charge is 2.19. The smallest absolute Gasteiger partial charge is 0.292 e. The second-order valence-corrected chi connectivity index (χ2v) is 9.41. The SMILES string of the molecule is C=C(N)C(C(N)=NCc1cc2cccc(C)c2c(OC2CCNCC2)n1)=C(N)c1ccc2oc(N)nc2c1. The average Bonchev–Trinajstić information content (AvgIpc) is 3.27. The Morgan fingerprint density at radius 2 is 1.92 bits per heavy atom. The van der Waals surface area contributed by atoms with E-state index >= 15 is 0 Å². The van der Waals surface area contributed by atoms with Crippen molar-refractivity contribution in [3.8, 4) is 5.88 Å². The van der Waals surface area contributed by atoms with Gasteiger partial charge in [0, 0.05) is 16.6 Å². The minimum atomic E-state index is 0.0748. The number of amidine groups is 1. The van der Waals surface area contributed by atoms with Gasteiger partial charge in [-0.2, -0.15) is 4.98 Å². The summed E-state index contributed by atoms with van der Waals surface area (Å²) in [5.74, 6) is 0.775. The van der Waals surface area contributed by atoms with E-state index in [1.807, 2.05) is 18.2 Å². The van der Waals surface area contributed by atoms with Gasteiger partial charge >= 0.3 is 0 Å². The number of oxazole rings is 1. The van der Waals surface area contributed by atoms with Gasteiger partial charge in [-0.1, -0.05) is 24.8 Å². The largest absolute Gasteiger partial charge is 0.474 e.